The second kappa shape index (κ2) is 4.72. The third-order valence-electron chi connectivity index (χ3n) is 2.42. The molecule has 5 heteroatoms. The van der Waals surface area contributed by atoms with Crippen LogP contribution in [0.3, 0.4) is 0 Å². The molecule has 1 fully saturated rings. The maximum Gasteiger partial charge on any atom is 0.407 e. The molecule has 0 bridgehead atoms. The van der Waals surface area contributed by atoms with Gasteiger partial charge in [-0.05, 0) is 26.7 Å². The number of carbonyl (C=O) groups excluding carboxylic acids is 2. The topological polar surface area (TPSA) is 67.4 Å². The number of ether oxygens (including phenoxy) is 1. The van der Waals surface area contributed by atoms with Crippen LogP contribution < -0.4 is 10.6 Å². The van der Waals surface area contributed by atoms with E-state index >= 15 is 0 Å². The molecule has 0 spiro atoms. The first-order chi connectivity index (χ1) is 7.28. The van der Waals surface area contributed by atoms with E-state index in [1.807, 2.05) is 27.7 Å². The van der Waals surface area contributed by atoms with E-state index in [1.54, 1.807) is 0 Å². The van der Waals surface area contributed by atoms with Gasteiger partial charge in [0.15, 0.2) is 0 Å². The van der Waals surface area contributed by atoms with Crippen molar-refractivity contribution < 1.29 is 14.3 Å². The van der Waals surface area contributed by atoms with Crippen LogP contribution in [0.5, 0.6) is 0 Å². The molecule has 16 heavy (non-hydrogen) atoms. The molecule has 2 atom stereocenters. The quantitative estimate of drug-likeness (QED) is 0.704. The van der Waals surface area contributed by atoms with Crippen LogP contribution in [-0.4, -0.2) is 30.2 Å². The minimum absolute atomic E-state index is 0.0368. The van der Waals surface area contributed by atoms with Crippen molar-refractivity contribution in [2.24, 2.45) is 5.92 Å². The molecule has 0 aromatic rings. The molecule has 0 radical (unpaired) electrons. The van der Waals surface area contributed by atoms with Crippen LogP contribution >= 0.6 is 0 Å². The first-order valence-corrected chi connectivity index (χ1v) is 5.54. The van der Waals surface area contributed by atoms with Gasteiger partial charge < -0.3 is 15.4 Å². The number of rotatable bonds is 1. The lowest BCUT2D eigenvalue weighted by Crippen LogP contribution is -2.53. The minimum Gasteiger partial charge on any atom is -0.444 e. The van der Waals surface area contributed by atoms with Crippen molar-refractivity contribution in [3.05, 3.63) is 0 Å². The van der Waals surface area contributed by atoms with Gasteiger partial charge in [-0.25, -0.2) is 4.79 Å². The van der Waals surface area contributed by atoms with Crippen molar-refractivity contribution in [1.29, 1.82) is 0 Å². The molecule has 0 saturated carbocycles. The maximum atomic E-state index is 11.5. The van der Waals surface area contributed by atoms with Crippen LogP contribution in [0.2, 0.25) is 0 Å². The molecule has 1 aliphatic heterocycles. The molecule has 1 heterocycles. The SMILES string of the molecule is C[C@H]1CC(=O)NC[C@H]1NC(=O)OC(C)(C)C. The van der Waals surface area contributed by atoms with Gasteiger partial charge >= 0.3 is 6.09 Å². The summed E-state index contributed by atoms with van der Waals surface area (Å²) in [4.78, 5) is 22.6. The fraction of sp³-hybridized carbons (Fsp3) is 0.818. The van der Waals surface area contributed by atoms with Crippen LogP contribution in [0.4, 0.5) is 4.79 Å². The van der Waals surface area contributed by atoms with E-state index in [4.69, 9.17) is 4.74 Å². The molecule has 1 saturated heterocycles. The van der Waals surface area contributed by atoms with Crippen molar-refractivity contribution in [1.82, 2.24) is 10.6 Å². The molecule has 1 aliphatic rings. The zero-order valence-electron chi connectivity index (χ0n) is 10.3. The molecule has 92 valence electrons. The zero-order chi connectivity index (χ0) is 12.3. The average Bonchev–Trinajstić information content (AvgIpc) is 2.06. The Morgan fingerprint density at radius 2 is 2.12 bits per heavy atom. The van der Waals surface area contributed by atoms with E-state index < -0.39 is 11.7 Å². The van der Waals surface area contributed by atoms with Crippen molar-refractivity contribution in [2.45, 2.75) is 45.8 Å². The van der Waals surface area contributed by atoms with Gasteiger partial charge in [0.25, 0.3) is 0 Å². The van der Waals surface area contributed by atoms with E-state index in [2.05, 4.69) is 10.6 Å². The van der Waals surface area contributed by atoms with Gasteiger partial charge in [-0.1, -0.05) is 6.92 Å². The van der Waals surface area contributed by atoms with Gasteiger partial charge in [0.05, 0.1) is 6.04 Å². The van der Waals surface area contributed by atoms with E-state index in [1.165, 1.54) is 0 Å². The Labute approximate surface area is 95.9 Å². The monoisotopic (exact) mass is 228 g/mol. The lowest BCUT2D eigenvalue weighted by Gasteiger charge is -2.30. The Bertz CT molecular complexity index is 283. The highest BCUT2D eigenvalue weighted by molar-refractivity contribution is 5.77. The van der Waals surface area contributed by atoms with E-state index in [-0.39, 0.29) is 17.9 Å². The smallest absolute Gasteiger partial charge is 0.407 e. The van der Waals surface area contributed by atoms with Crippen LogP contribution in [-0.2, 0) is 9.53 Å². The summed E-state index contributed by atoms with van der Waals surface area (Å²) >= 11 is 0. The fourth-order valence-corrected chi connectivity index (χ4v) is 1.58. The van der Waals surface area contributed by atoms with Crippen molar-refractivity contribution in [3.8, 4) is 0 Å². The van der Waals surface area contributed by atoms with Crippen molar-refractivity contribution in [2.75, 3.05) is 6.54 Å². The summed E-state index contributed by atoms with van der Waals surface area (Å²) in [6.45, 7) is 7.87. The number of hydrogen-bond donors (Lipinski definition) is 2. The lowest BCUT2D eigenvalue weighted by molar-refractivity contribution is -0.123. The van der Waals surface area contributed by atoms with Crippen LogP contribution in [0.1, 0.15) is 34.1 Å². The largest absolute Gasteiger partial charge is 0.444 e. The number of amides is 2. The number of nitrogens with one attached hydrogen (secondary N) is 2. The van der Waals surface area contributed by atoms with Gasteiger partial charge in [0.2, 0.25) is 5.91 Å². The summed E-state index contributed by atoms with van der Waals surface area (Å²) in [5, 5.41) is 5.49. The van der Waals surface area contributed by atoms with Crippen molar-refractivity contribution in [3.63, 3.8) is 0 Å². The highest BCUT2D eigenvalue weighted by Gasteiger charge is 2.28. The van der Waals surface area contributed by atoms with Gasteiger partial charge in [0.1, 0.15) is 5.60 Å². The third kappa shape index (κ3) is 4.08. The van der Waals surface area contributed by atoms with E-state index in [0.29, 0.717) is 13.0 Å². The van der Waals surface area contributed by atoms with E-state index in [9.17, 15) is 9.59 Å². The van der Waals surface area contributed by atoms with Gasteiger partial charge in [-0.3, -0.25) is 4.79 Å². The van der Waals surface area contributed by atoms with Crippen LogP contribution in [0.25, 0.3) is 0 Å². The molecular formula is C11H20N2O3. The Hall–Kier alpha value is -1.26. The zero-order valence-corrected chi connectivity index (χ0v) is 10.3. The standard InChI is InChI=1S/C11H20N2O3/c1-7-5-9(14)12-6-8(7)13-10(15)16-11(2,3)4/h7-8H,5-6H2,1-4H3,(H,12,14)(H,13,15)/t7-,8+/m0/s1. The predicted molar refractivity (Wildman–Crippen MR) is 59.9 cm³/mol. The van der Waals surface area contributed by atoms with Crippen molar-refractivity contribution >= 4 is 12.0 Å². The second-order valence-electron chi connectivity index (χ2n) is 5.24. The summed E-state index contributed by atoms with van der Waals surface area (Å²) in [5.41, 5.74) is -0.495. The lowest BCUT2D eigenvalue weighted by atomic mass is 9.94. The third-order valence-corrected chi connectivity index (χ3v) is 2.42. The second-order valence-corrected chi connectivity index (χ2v) is 5.24. The normalized spacial score (nSPS) is 25.9. The molecule has 1 rings (SSSR count). The number of piperidine rings is 1. The van der Waals surface area contributed by atoms with Crippen LogP contribution in [0.15, 0.2) is 0 Å². The molecule has 5 nitrogen and oxygen atoms in total. The first-order valence-electron chi connectivity index (χ1n) is 5.54. The molecule has 2 amide bonds. The molecule has 0 aromatic carbocycles. The first kappa shape index (κ1) is 12.8. The fourth-order valence-electron chi connectivity index (χ4n) is 1.58. The van der Waals surface area contributed by atoms with Crippen LogP contribution in [0, 0.1) is 5.92 Å². The summed E-state index contributed by atoms with van der Waals surface area (Å²) in [7, 11) is 0. The summed E-state index contributed by atoms with van der Waals surface area (Å²) < 4.78 is 5.15. The summed E-state index contributed by atoms with van der Waals surface area (Å²) in [5.74, 6) is 0.177. The minimum atomic E-state index is -0.495. The Morgan fingerprint density at radius 3 is 2.62 bits per heavy atom. The number of carbonyl (C=O) groups is 2. The van der Waals surface area contributed by atoms with Gasteiger partial charge in [-0.15, -0.1) is 0 Å². The molecule has 0 aliphatic carbocycles. The average molecular weight is 228 g/mol. The van der Waals surface area contributed by atoms with E-state index in [0.717, 1.165) is 0 Å². The van der Waals surface area contributed by atoms with Gasteiger partial charge in [-0.2, -0.15) is 0 Å². The highest BCUT2D eigenvalue weighted by Crippen LogP contribution is 2.13. The molecular weight excluding hydrogens is 208 g/mol. The Morgan fingerprint density at radius 1 is 1.50 bits per heavy atom. The summed E-state index contributed by atoms with van der Waals surface area (Å²) in [6.07, 6.45) is 0.0148. The Kier molecular flexibility index (Phi) is 3.78. The molecule has 2 N–H and O–H groups in total. The Balaban J connectivity index is 2.42. The maximum absolute atomic E-state index is 11.5. The number of hydrogen-bond acceptors (Lipinski definition) is 3. The highest BCUT2D eigenvalue weighted by atomic mass is 16.6. The summed E-state index contributed by atoms with van der Waals surface area (Å²) in [6, 6.07) is -0.0486. The molecule has 0 aromatic heterocycles. The molecule has 0 unspecified atom stereocenters. The predicted octanol–water partition coefficient (Wildman–Crippen LogP) is 1.04. The van der Waals surface area contributed by atoms with Gasteiger partial charge in [0, 0.05) is 13.0 Å². The number of alkyl carbamates (subject to hydrolysis) is 1.